The number of nitrogens with zero attached hydrogens (tertiary/aromatic N) is 2. The smallest absolute Gasteiger partial charge is 0.0641 e. The van der Waals surface area contributed by atoms with Crippen LogP contribution in [-0.4, -0.2) is 21.7 Å². The number of hydrogen-bond donors (Lipinski definition) is 1. The average molecular weight is 152 g/mol. The van der Waals surface area contributed by atoms with E-state index in [0.29, 0.717) is 6.42 Å². The van der Waals surface area contributed by atoms with Crippen LogP contribution in [0.3, 0.4) is 0 Å². The first-order valence-corrected chi connectivity index (χ1v) is 3.64. The quantitative estimate of drug-likeness (QED) is 0.676. The molecule has 1 N–H and O–H groups in total. The van der Waals surface area contributed by atoms with Gasteiger partial charge in [-0.2, -0.15) is 0 Å². The predicted molar refractivity (Wildman–Crippen MR) is 42.3 cm³/mol. The van der Waals surface area contributed by atoms with Crippen molar-refractivity contribution in [3.63, 3.8) is 0 Å². The van der Waals surface area contributed by atoms with Crippen molar-refractivity contribution in [3.8, 4) is 0 Å². The first-order valence-electron chi connectivity index (χ1n) is 3.64. The molecule has 0 bridgehead atoms. The maximum absolute atomic E-state index is 8.67. The van der Waals surface area contributed by atoms with Crippen molar-refractivity contribution in [1.82, 2.24) is 9.97 Å². The summed E-state index contributed by atoms with van der Waals surface area (Å²) in [5.41, 5.74) is 2.70. The summed E-state index contributed by atoms with van der Waals surface area (Å²) >= 11 is 0. The van der Waals surface area contributed by atoms with Crippen LogP contribution in [0.2, 0.25) is 0 Å². The molecule has 0 amide bonds. The van der Waals surface area contributed by atoms with E-state index in [-0.39, 0.29) is 6.61 Å². The Labute approximate surface area is 66.1 Å². The second-order valence-electron chi connectivity index (χ2n) is 2.52. The lowest BCUT2D eigenvalue weighted by Gasteiger charge is -2.01. The highest BCUT2D eigenvalue weighted by Crippen LogP contribution is 2.02. The molecule has 0 aliphatic rings. The Hall–Kier alpha value is -0.960. The minimum absolute atomic E-state index is 0.138. The minimum Gasteiger partial charge on any atom is -0.396 e. The fourth-order valence-electron chi connectivity index (χ4n) is 0.930. The molecule has 0 spiro atoms. The molecule has 1 aromatic heterocycles. The van der Waals surface area contributed by atoms with Crippen LogP contribution in [0.1, 0.15) is 17.1 Å². The lowest BCUT2D eigenvalue weighted by atomic mass is 10.2. The van der Waals surface area contributed by atoms with Crippen LogP contribution in [-0.2, 0) is 6.42 Å². The van der Waals surface area contributed by atoms with E-state index in [2.05, 4.69) is 9.97 Å². The zero-order chi connectivity index (χ0) is 8.27. The van der Waals surface area contributed by atoms with Crippen LogP contribution in [0, 0.1) is 13.8 Å². The molecule has 0 radical (unpaired) electrons. The van der Waals surface area contributed by atoms with E-state index in [1.165, 1.54) is 0 Å². The third-order valence-corrected chi connectivity index (χ3v) is 1.52. The monoisotopic (exact) mass is 152 g/mol. The summed E-state index contributed by atoms with van der Waals surface area (Å²) < 4.78 is 0. The van der Waals surface area contributed by atoms with Crippen molar-refractivity contribution in [2.24, 2.45) is 0 Å². The first kappa shape index (κ1) is 8.14. The molecule has 1 rings (SSSR count). The van der Waals surface area contributed by atoms with Gasteiger partial charge in [-0.25, -0.2) is 0 Å². The molecule has 0 fully saturated rings. The standard InChI is InChI=1S/C8H12N2O/c1-6-5-9-7(2)8(10-6)3-4-11/h5,11H,3-4H2,1-2H3. The van der Waals surface area contributed by atoms with E-state index >= 15 is 0 Å². The molecule has 0 aromatic carbocycles. The molecule has 1 aromatic rings. The van der Waals surface area contributed by atoms with Gasteiger partial charge in [0.05, 0.1) is 17.1 Å². The third kappa shape index (κ3) is 1.98. The van der Waals surface area contributed by atoms with Crippen molar-refractivity contribution >= 4 is 0 Å². The zero-order valence-corrected chi connectivity index (χ0v) is 6.83. The van der Waals surface area contributed by atoms with E-state index in [4.69, 9.17) is 5.11 Å². The van der Waals surface area contributed by atoms with Crippen molar-refractivity contribution in [1.29, 1.82) is 0 Å². The largest absolute Gasteiger partial charge is 0.396 e. The number of aromatic nitrogens is 2. The number of hydrogen-bond acceptors (Lipinski definition) is 3. The van der Waals surface area contributed by atoms with E-state index in [1.807, 2.05) is 13.8 Å². The fraction of sp³-hybridized carbons (Fsp3) is 0.500. The van der Waals surface area contributed by atoms with Crippen LogP contribution in [0.4, 0.5) is 0 Å². The molecule has 1 heterocycles. The van der Waals surface area contributed by atoms with Crippen molar-refractivity contribution < 1.29 is 5.11 Å². The summed E-state index contributed by atoms with van der Waals surface area (Å²) in [4.78, 5) is 8.36. The minimum atomic E-state index is 0.138. The Kier molecular flexibility index (Phi) is 2.54. The zero-order valence-electron chi connectivity index (χ0n) is 6.83. The van der Waals surface area contributed by atoms with Crippen molar-refractivity contribution in [2.45, 2.75) is 20.3 Å². The van der Waals surface area contributed by atoms with Gasteiger partial charge in [-0.3, -0.25) is 9.97 Å². The van der Waals surface area contributed by atoms with Gasteiger partial charge in [-0.15, -0.1) is 0 Å². The van der Waals surface area contributed by atoms with Gasteiger partial charge >= 0.3 is 0 Å². The van der Waals surface area contributed by atoms with Crippen LogP contribution in [0.5, 0.6) is 0 Å². The van der Waals surface area contributed by atoms with Crippen molar-refractivity contribution in [2.75, 3.05) is 6.61 Å². The van der Waals surface area contributed by atoms with E-state index in [9.17, 15) is 0 Å². The lowest BCUT2D eigenvalue weighted by molar-refractivity contribution is 0.297. The van der Waals surface area contributed by atoms with Gasteiger partial charge in [0.2, 0.25) is 0 Å². The third-order valence-electron chi connectivity index (χ3n) is 1.52. The summed E-state index contributed by atoms with van der Waals surface area (Å²) in [6.45, 7) is 3.93. The topological polar surface area (TPSA) is 46.0 Å². The van der Waals surface area contributed by atoms with Crippen molar-refractivity contribution in [3.05, 3.63) is 23.3 Å². The van der Waals surface area contributed by atoms with Gasteiger partial charge in [0.15, 0.2) is 0 Å². The number of aliphatic hydroxyl groups excluding tert-OH is 1. The predicted octanol–water partition coefficient (Wildman–Crippen LogP) is 0.628. The molecular weight excluding hydrogens is 140 g/mol. The average Bonchev–Trinajstić information content (AvgIpc) is 1.98. The molecule has 0 saturated heterocycles. The highest BCUT2D eigenvalue weighted by molar-refractivity contribution is 5.11. The summed E-state index contributed by atoms with van der Waals surface area (Å²) in [5.74, 6) is 0. The van der Waals surface area contributed by atoms with E-state index < -0.39 is 0 Å². The van der Waals surface area contributed by atoms with Gasteiger partial charge in [0, 0.05) is 19.2 Å². The summed E-state index contributed by atoms with van der Waals surface area (Å²) in [5, 5.41) is 8.67. The van der Waals surface area contributed by atoms with Crippen LogP contribution < -0.4 is 0 Å². The highest BCUT2D eigenvalue weighted by atomic mass is 16.3. The van der Waals surface area contributed by atoms with Gasteiger partial charge in [-0.05, 0) is 13.8 Å². The molecule has 0 unspecified atom stereocenters. The Bertz CT molecular complexity index is 248. The van der Waals surface area contributed by atoms with E-state index in [0.717, 1.165) is 17.1 Å². The molecule has 0 saturated carbocycles. The number of aliphatic hydroxyl groups is 1. The SMILES string of the molecule is Cc1cnc(C)c(CCO)n1. The second kappa shape index (κ2) is 3.44. The van der Waals surface area contributed by atoms with Gasteiger partial charge in [-0.1, -0.05) is 0 Å². The number of rotatable bonds is 2. The van der Waals surface area contributed by atoms with Gasteiger partial charge in [0.1, 0.15) is 0 Å². The molecule has 0 aliphatic carbocycles. The molecule has 0 aliphatic heterocycles. The van der Waals surface area contributed by atoms with Crippen LogP contribution in [0.15, 0.2) is 6.20 Å². The molecule has 11 heavy (non-hydrogen) atoms. The first-order chi connectivity index (χ1) is 5.24. The van der Waals surface area contributed by atoms with E-state index in [1.54, 1.807) is 6.20 Å². The maximum atomic E-state index is 8.67. The summed E-state index contributed by atoms with van der Waals surface area (Å²) in [6, 6.07) is 0. The maximum Gasteiger partial charge on any atom is 0.0641 e. The molecule has 3 nitrogen and oxygen atoms in total. The second-order valence-corrected chi connectivity index (χ2v) is 2.52. The lowest BCUT2D eigenvalue weighted by Crippen LogP contribution is -2.01. The molecule has 3 heteroatoms. The Balaban J connectivity index is 2.93. The Morgan fingerprint density at radius 1 is 1.45 bits per heavy atom. The molecule has 0 atom stereocenters. The highest BCUT2D eigenvalue weighted by Gasteiger charge is 1.99. The molecular formula is C8H12N2O. The Morgan fingerprint density at radius 2 is 2.18 bits per heavy atom. The van der Waals surface area contributed by atoms with Gasteiger partial charge in [0.25, 0.3) is 0 Å². The number of aryl methyl sites for hydroxylation is 2. The summed E-state index contributed by atoms with van der Waals surface area (Å²) in [7, 11) is 0. The summed E-state index contributed by atoms with van der Waals surface area (Å²) in [6.07, 6.45) is 2.33. The van der Waals surface area contributed by atoms with Crippen LogP contribution in [0.25, 0.3) is 0 Å². The Morgan fingerprint density at radius 3 is 2.82 bits per heavy atom. The fourth-order valence-corrected chi connectivity index (χ4v) is 0.930. The normalized spacial score (nSPS) is 10.1. The van der Waals surface area contributed by atoms with Gasteiger partial charge < -0.3 is 5.11 Å². The molecule has 60 valence electrons. The van der Waals surface area contributed by atoms with Crippen LogP contribution >= 0.6 is 0 Å².